The maximum absolute atomic E-state index is 6.02. The van der Waals surface area contributed by atoms with Crippen LogP contribution in [0.4, 0.5) is 0 Å². The van der Waals surface area contributed by atoms with Gasteiger partial charge in [-0.3, -0.25) is 0 Å². The van der Waals surface area contributed by atoms with Crippen LogP contribution in [0.3, 0.4) is 0 Å². The molecule has 0 bridgehead atoms. The van der Waals surface area contributed by atoms with Crippen molar-refractivity contribution in [3.63, 3.8) is 0 Å². The molecule has 2 nitrogen and oxygen atoms in total. The first-order chi connectivity index (χ1) is 8.76. The summed E-state index contributed by atoms with van der Waals surface area (Å²) in [6, 6.07) is 8.18. The molecule has 0 spiro atoms. The number of benzene rings is 1. The zero-order chi connectivity index (χ0) is 13.2. The summed E-state index contributed by atoms with van der Waals surface area (Å²) < 4.78 is 5.08. The Balaban J connectivity index is 2.41. The van der Waals surface area contributed by atoms with Crippen molar-refractivity contribution in [3.8, 4) is 0 Å². The lowest BCUT2D eigenvalue weighted by Gasteiger charge is -2.16. The fourth-order valence-electron chi connectivity index (χ4n) is 2.24. The molecule has 1 atom stereocenters. The first kappa shape index (κ1) is 15.5. The molecule has 0 saturated carbocycles. The summed E-state index contributed by atoms with van der Waals surface area (Å²) in [6.07, 6.45) is 4.69. The highest BCUT2D eigenvalue weighted by atomic mass is 35.5. The van der Waals surface area contributed by atoms with Crippen LogP contribution in [0.5, 0.6) is 0 Å². The molecule has 0 saturated heterocycles. The van der Waals surface area contributed by atoms with Gasteiger partial charge in [0.15, 0.2) is 0 Å². The van der Waals surface area contributed by atoms with Crippen LogP contribution >= 0.6 is 11.6 Å². The molecule has 0 aliphatic rings. The third kappa shape index (κ3) is 6.39. The van der Waals surface area contributed by atoms with Gasteiger partial charge in [0, 0.05) is 18.7 Å². The zero-order valence-electron chi connectivity index (χ0n) is 11.4. The Bertz CT molecular complexity index is 330. The Labute approximate surface area is 116 Å². The number of methoxy groups -OCH3 is 1. The van der Waals surface area contributed by atoms with Crippen LogP contribution in [-0.4, -0.2) is 27.3 Å². The molecule has 3 heteroatoms. The van der Waals surface area contributed by atoms with Crippen LogP contribution in [0.25, 0.3) is 0 Å². The summed E-state index contributed by atoms with van der Waals surface area (Å²) in [5.41, 5.74) is 1.33. The molecule has 0 amide bonds. The molecule has 0 aliphatic carbocycles. The van der Waals surface area contributed by atoms with E-state index in [4.69, 9.17) is 16.3 Å². The SMILES string of the molecule is CNCC(CCCCOC)Cc1cccc(Cl)c1. The van der Waals surface area contributed by atoms with E-state index >= 15 is 0 Å². The third-order valence-electron chi connectivity index (χ3n) is 3.12. The molecule has 1 rings (SSSR count). The zero-order valence-corrected chi connectivity index (χ0v) is 12.2. The molecule has 0 radical (unpaired) electrons. The standard InChI is InChI=1S/C15H24ClNO/c1-17-12-14(6-3-4-9-18-2)10-13-7-5-8-15(16)11-13/h5,7-8,11,14,17H,3-4,6,9-10,12H2,1-2H3. The van der Waals surface area contributed by atoms with Crippen molar-refractivity contribution in [2.45, 2.75) is 25.7 Å². The second-order valence-electron chi connectivity index (χ2n) is 4.75. The first-order valence-electron chi connectivity index (χ1n) is 6.64. The van der Waals surface area contributed by atoms with Crippen LogP contribution in [0.2, 0.25) is 5.02 Å². The van der Waals surface area contributed by atoms with E-state index in [0.29, 0.717) is 5.92 Å². The van der Waals surface area contributed by atoms with E-state index in [9.17, 15) is 0 Å². The Kier molecular flexibility index (Phi) is 8.06. The van der Waals surface area contributed by atoms with Crippen molar-refractivity contribution in [2.75, 3.05) is 27.3 Å². The fourth-order valence-corrected chi connectivity index (χ4v) is 2.45. The minimum absolute atomic E-state index is 0.672. The van der Waals surface area contributed by atoms with Crippen LogP contribution in [0, 0.1) is 5.92 Å². The van der Waals surface area contributed by atoms with Crippen molar-refractivity contribution in [2.24, 2.45) is 5.92 Å². The lowest BCUT2D eigenvalue weighted by molar-refractivity contribution is 0.190. The molecular formula is C15H24ClNO. The van der Waals surface area contributed by atoms with Crippen LogP contribution in [-0.2, 0) is 11.2 Å². The topological polar surface area (TPSA) is 21.3 Å². The number of unbranched alkanes of at least 4 members (excludes halogenated alkanes) is 1. The number of nitrogens with one attached hydrogen (secondary N) is 1. The quantitative estimate of drug-likeness (QED) is 0.693. The molecule has 0 heterocycles. The smallest absolute Gasteiger partial charge is 0.0462 e. The molecule has 0 aromatic heterocycles. The van der Waals surface area contributed by atoms with Gasteiger partial charge in [-0.25, -0.2) is 0 Å². The largest absolute Gasteiger partial charge is 0.385 e. The minimum Gasteiger partial charge on any atom is -0.385 e. The van der Waals surface area contributed by atoms with Crippen molar-refractivity contribution >= 4 is 11.6 Å². The molecule has 1 aromatic rings. The van der Waals surface area contributed by atoms with Gasteiger partial charge in [-0.05, 0) is 56.5 Å². The van der Waals surface area contributed by atoms with Crippen LogP contribution in [0.1, 0.15) is 24.8 Å². The van der Waals surface area contributed by atoms with Gasteiger partial charge in [-0.15, -0.1) is 0 Å². The number of rotatable bonds is 9. The Morgan fingerprint density at radius 3 is 2.83 bits per heavy atom. The normalized spacial score (nSPS) is 12.6. The maximum Gasteiger partial charge on any atom is 0.0462 e. The van der Waals surface area contributed by atoms with Crippen molar-refractivity contribution in [3.05, 3.63) is 34.9 Å². The number of ether oxygens (including phenoxy) is 1. The Hall–Kier alpha value is -0.570. The molecular weight excluding hydrogens is 246 g/mol. The molecule has 1 N–H and O–H groups in total. The van der Waals surface area contributed by atoms with E-state index in [1.807, 2.05) is 19.2 Å². The summed E-state index contributed by atoms with van der Waals surface area (Å²) in [7, 11) is 3.77. The number of halogens is 1. The Morgan fingerprint density at radius 2 is 2.17 bits per heavy atom. The van der Waals surface area contributed by atoms with E-state index in [0.717, 1.165) is 31.0 Å². The van der Waals surface area contributed by atoms with Gasteiger partial charge in [-0.1, -0.05) is 30.2 Å². The highest BCUT2D eigenvalue weighted by Crippen LogP contribution is 2.18. The average Bonchev–Trinajstić information content (AvgIpc) is 2.35. The molecule has 1 aromatic carbocycles. The lowest BCUT2D eigenvalue weighted by Crippen LogP contribution is -2.21. The van der Waals surface area contributed by atoms with E-state index in [1.54, 1.807) is 7.11 Å². The number of hydrogen-bond acceptors (Lipinski definition) is 2. The minimum atomic E-state index is 0.672. The first-order valence-corrected chi connectivity index (χ1v) is 7.02. The van der Waals surface area contributed by atoms with Gasteiger partial charge < -0.3 is 10.1 Å². The summed E-state index contributed by atoms with van der Waals surface area (Å²) in [6.45, 7) is 1.92. The second-order valence-corrected chi connectivity index (χ2v) is 5.18. The molecule has 102 valence electrons. The molecule has 0 aliphatic heterocycles. The predicted octanol–water partition coefficient (Wildman–Crippen LogP) is 3.53. The highest BCUT2D eigenvalue weighted by molar-refractivity contribution is 6.30. The lowest BCUT2D eigenvalue weighted by atomic mass is 9.94. The average molecular weight is 270 g/mol. The van der Waals surface area contributed by atoms with Gasteiger partial charge in [0.25, 0.3) is 0 Å². The van der Waals surface area contributed by atoms with Crippen molar-refractivity contribution in [1.29, 1.82) is 0 Å². The summed E-state index contributed by atoms with van der Waals surface area (Å²) in [5.74, 6) is 0.672. The van der Waals surface area contributed by atoms with Gasteiger partial charge in [0.05, 0.1) is 0 Å². The van der Waals surface area contributed by atoms with Gasteiger partial charge in [-0.2, -0.15) is 0 Å². The van der Waals surface area contributed by atoms with E-state index in [-0.39, 0.29) is 0 Å². The summed E-state index contributed by atoms with van der Waals surface area (Å²) in [4.78, 5) is 0. The Morgan fingerprint density at radius 1 is 1.33 bits per heavy atom. The van der Waals surface area contributed by atoms with Crippen LogP contribution in [0.15, 0.2) is 24.3 Å². The van der Waals surface area contributed by atoms with Crippen LogP contribution < -0.4 is 5.32 Å². The molecule has 18 heavy (non-hydrogen) atoms. The number of hydrogen-bond donors (Lipinski definition) is 1. The van der Waals surface area contributed by atoms with E-state index < -0.39 is 0 Å². The fraction of sp³-hybridized carbons (Fsp3) is 0.600. The predicted molar refractivity (Wildman–Crippen MR) is 78.3 cm³/mol. The summed E-state index contributed by atoms with van der Waals surface area (Å²) in [5, 5.41) is 4.11. The van der Waals surface area contributed by atoms with Gasteiger partial charge >= 0.3 is 0 Å². The summed E-state index contributed by atoms with van der Waals surface area (Å²) >= 11 is 6.02. The highest BCUT2D eigenvalue weighted by Gasteiger charge is 2.09. The van der Waals surface area contributed by atoms with Gasteiger partial charge in [0.1, 0.15) is 0 Å². The van der Waals surface area contributed by atoms with Gasteiger partial charge in [0.2, 0.25) is 0 Å². The van der Waals surface area contributed by atoms with E-state index in [1.165, 1.54) is 18.4 Å². The molecule has 1 unspecified atom stereocenters. The maximum atomic E-state index is 6.02. The van der Waals surface area contributed by atoms with E-state index in [2.05, 4.69) is 17.4 Å². The third-order valence-corrected chi connectivity index (χ3v) is 3.35. The molecule has 0 fully saturated rings. The van der Waals surface area contributed by atoms with Crippen molar-refractivity contribution in [1.82, 2.24) is 5.32 Å². The second kappa shape index (κ2) is 9.37. The van der Waals surface area contributed by atoms with Crippen molar-refractivity contribution < 1.29 is 4.74 Å². The monoisotopic (exact) mass is 269 g/mol.